The van der Waals surface area contributed by atoms with E-state index in [4.69, 9.17) is 4.42 Å². The molecule has 2 aromatic heterocycles. The first-order chi connectivity index (χ1) is 11.6. The zero-order chi connectivity index (χ0) is 16.7. The number of ether oxygens (including phenoxy) is 1. The first kappa shape index (κ1) is 14.6. The van der Waals surface area contributed by atoms with Crippen LogP contribution in [0.3, 0.4) is 0 Å². The van der Waals surface area contributed by atoms with Gasteiger partial charge in [-0.1, -0.05) is 18.2 Å². The SMILES string of the molecule is Cc1cc(-c2cc3ccccc3o2)c2ncc(OC(F)F)nc2c1. The molecule has 0 atom stereocenters. The van der Waals surface area contributed by atoms with Gasteiger partial charge in [-0.2, -0.15) is 8.78 Å². The summed E-state index contributed by atoms with van der Waals surface area (Å²) >= 11 is 0. The molecule has 6 heteroatoms. The molecule has 4 aromatic rings. The van der Waals surface area contributed by atoms with E-state index in [1.54, 1.807) is 6.07 Å². The van der Waals surface area contributed by atoms with Crippen LogP contribution in [0.15, 0.2) is 53.1 Å². The molecule has 2 heterocycles. The molecule has 0 fully saturated rings. The second-order valence-corrected chi connectivity index (χ2v) is 5.42. The van der Waals surface area contributed by atoms with Crippen molar-refractivity contribution in [2.75, 3.05) is 0 Å². The number of hydrogen-bond acceptors (Lipinski definition) is 4. The highest BCUT2D eigenvalue weighted by atomic mass is 19.3. The van der Waals surface area contributed by atoms with Gasteiger partial charge in [0.05, 0.1) is 17.2 Å². The maximum Gasteiger partial charge on any atom is 0.388 e. The molecule has 0 bridgehead atoms. The van der Waals surface area contributed by atoms with Crippen LogP contribution in [0.2, 0.25) is 0 Å². The summed E-state index contributed by atoms with van der Waals surface area (Å²) < 4.78 is 34.9. The monoisotopic (exact) mass is 326 g/mol. The number of aromatic nitrogens is 2. The highest BCUT2D eigenvalue weighted by Crippen LogP contribution is 2.33. The van der Waals surface area contributed by atoms with E-state index in [1.165, 1.54) is 6.20 Å². The number of alkyl halides is 2. The Morgan fingerprint density at radius 1 is 1.12 bits per heavy atom. The fourth-order valence-corrected chi connectivity index (χ4v) is 2.70. The number of fused-ring (bicyclic) bond motifs is 2. The number of para-hydroxylation sites is 1. The smallest absolute Gasteiger partial charge is 0.388 e. The Morgan fingerprint density at radius 2 is 1.96 bits per heavy atom. The summed E-state index contributed by atoms with van der Waals surface area (Å²) in [6.45, 7) is -1.04. The molecule has 4 rings (SSSR count). The van der Waals surface area contributed by atoms with Gasteiger partial charge in [-0.3, -0.25) is 0 Å². The molecule has 0 spiro atoms. The minimum absolute atomic E-state index is 0.210. The third-order valence-corrected chi connectivity index (χ3v) is 3.67. The molecule has 4 nitrogen and oxygen atoms in total. The van der Waals surface area contributed by atoms with E-state index >= 15 is 0 Å². The summed E-state index contributed by atoms with van der Waals surface area (Å²) in [5, 5.41) is 0.979. The lowest BCUT2D eigenvalue weighted by Crippen LogP contribution is -2.04. The van der Waals surface area contributed by atoms with Gasteiger partial charge >= 0.3 is 6.61 Å². The summed E-state index contributed by atoms with van der Waals surface area (Å²) in [7, 11) is 0. The summed E-state index contributed by atoms with van der Waals surface area (Å²) in [6.07, 6.45) is 1.19. The molecule has 0 saturated carbocycles. The Labute approximate surface area is 135 Å². The highest BCUT2D eigenvalue weighted by molar-refractivity contribution is 5.93. The van der Waals surface area contributed by atoms with Crippen LogP contribution in [0.4, 0.5) is 8.78 Å². The number of furan rings is 1. The minimum atomic E-state index is -2.93. The molecule has 0 N–H and O–H groups in total. The van der Waals surface area contributed by atoms with Gasteiger partial charge in [-0.15, -0.1) is 0 Å². The molecule has 0 aliphatic heterocycles. The first-order valence-electron chi connectivity index (χ1n) is 7.31. The number of nitrogens with zero attached hydrogens (tertiary/aromatic N) is 2. The molecule has 24 heavy (non-hydrogen) atoms. The van der Waals surface area contributed by atoms with E-state index in [1.807, 2.05) is 43.3 Å². The Morgan fingerprint density at radius 3 is 2.75 bits per heavy atom. The lowest BCUT2D eigenvalue weighted by Gasteiger charge is -2.07. The van der Waals surface area contributed by atoms with Gasteiger partial charge < -0.3 is 9.15 Å². The maximum atomic E-state index is 12.4. The van der Waals surface area contributed by atoms with Gasteiger partial charge in [0.1, 0.15) is 11.3 Å². The van der Waals surface area contributed by atoms with Crippen LogP contribution < -0.4 is 4.74 Å². The lowest BCUT2D eigenvalue weighted by molar-refractivity contribution is -0.0528. The standard InChI is InChI=1S/C18H12F2N2O2/c1-10-6-12(15-8-11-4-2-3-5-14(11)23-15)17-13(7-10)22-16(9-21-17)24-18(19)20/h2-9,18H,1H3. The summed E-state index contributed by atoms with van der Waals surface area (Å²) in [4.78, 5) is 8.35. The Balaban J connectivity index is 1.91. The Bertz CT molecular complexity index is 1010. The third-order valence-electron chi connectivity index (χ3n) is 3.67. The predicted molar refractivity (Wildman–Crippen MR) is 86.1 cm³/mol. The summed E-state index contributed by atoms with van der Waals surface area (Å²) in [5.74, 6) is 0.445. The van der Waals surface area contributed by atoms with Gasteiger partial charge in [0, 0.05) is 10.9 Å². The largest absolute Gasteiger partial charge is 0.456 e. The van der Waals surface area contributed by atoms with Crippen molar-refractivity contribution in [1.82, 2.24) is 9.97 Å². The average molecular weight is 326 g/mol. The van der Waals surface area contributed by atoms with Gasteiger partial charge in [0.25, 0.3) is 0 Å². The maximum absolute atomic E-state index is 12.4. The van der Waals surface area contributed by atoms with Crippen molar-refractivity contribution >= 4 is 22.0 Å². The van der Waals surface area contributed by atoms with E-state index in [9.17, 15) is 8.78 Å². The number of benzene rings is 2. The number of hydrogen-bond donors (Lipinski definition) is 0. The highest BCUT2D eigenvalue weighted by Gasteiger charge is 2.14. The Hall–Kier alpha value is -3.02. The van der Waals surface area contributed by atoms with Gasteiger partial charge in [-0.25, -0.2) is 9.97 Å². The zero-order valence-corrected chi connectivity index (χ0v) is 12.7. The number of aryl methyl sites for hydroxylation is 1. The Kier molecular flexibility index (Phi) is 3.37. The second-order valence-electron chi connectivity index (χ2n) is 5.42. The van der Waals surface area contributed by atoms with Crippen molar-refractivity contribution < 1.29 is 17.9 Å². The lowest BCUT2D eigenvalue weighted by atomic mass is 10.1. The third kappa shape index (κ3) is 2.56. The van der Waals surface area contributed by atoms with Crippen LogP contribution in [0.1, 0.15) is 5.56 Å². The van der Waals surface area contributed by atoms with Crippen molar-refractivity contribution in [2.24, 2.45) is 0 Å². The molecule has 120 valence electrons. The molecular weight excluding hydrogens is 314 g/mol. The second kappa shape index (κ2) is 5.56. The zero-order valence-electron chi connectivity index (χ0n) is 12.7. The van der Waals surface area contributed by atoms with Crippen LogP contribution in [0.5, 0.6) is 5.88 Å². The topological polar surface area (TPSA) is 48.2 Å². The number of halogens is 2. The molecule has 2 aromatic carbocycles. The fourth-order valence-electron chi connectivity index (χ4n) is 2.70. The molecule has 0 saturated heterocycles. The average Bonchev–Trinajstić information content (AvgIpc) is 2.97. The van der Waals surface area contributed by atoms with Crippen molar-refractivity contribution in [1.29, 1.82) is 0 Å². The molecule has 0 aliphatic carbocycles. The molecule has 0 amide bonds. The van der Waals surface area contributed by atoms with E-state index in [0.717, 1.165) is 22.1 Å². The minimum Gasteiger partial charge on any atom is -0.456 e. The number of rotatable bonds is 3. The van der Waals surface area contributed by atoms with Crippen molar-refractivity contribution in [3.8, 4) is 17.2 Å². The molecule has 0 unspecified atom stereocenters. The van der Waals surface area contributed by atoms with Crippen molar-refractivity contribution in [3.63, 3.8) is 0 Å². The molecule has 0 aliphatic rings. The molecular formula is C18H12F2N2O2. The van der Waals surface area contributed by atoms with Gasteiger partial charge in [0.2, 0.25) is 5.88 Å². The van der Waals surface area contributed by atoms with E-state index < -0.39 is 6.61 Å². The van der Waals surface area contributed by atoms with Gasteiger partial charge in [0.15, 0.2) is 0 Å². The van der Waals surface area contributed by atoms with Crippen molar-refractivity contribution in [3.05, 3.63) is 54.2 Å². The van der Waals surface area contributed by atoms with E-state index in [2.05, 4.69) is 14.7 Å². The van der Waals surface area contributed by atoms with Crippen LogP contribution in [-0.2, 0) is 0 Å². The van der Waals surface area contributed by atoms with Crippen LogP contribution in [0.25, 0.3) is 33.3 Å². The van der Waals surface area contributed by atoms with Crippen LogP contribution in [-0.4, -0.2) is 16.6 Å². The van der Waals surface area contributed by atoms with E-state index in [-0.39, 0.29) is 5.88 Å². The summed E-state index contributed by atoms with van der Waals surface area (Å²) in [6, 6.07) is 13.3. The first-order valence-corrected chi connectivity index (χ1v) is 7.31. The predicted octanol–water partition coefficient (Wildman–Crippen LogP) is 4.95. The quantitative estimate of drug-likeness (QED) is 0.534. The van der Waals surface area contributed by atoms with Crippen molar-refractivity contribution in [2.45, 2.75) is 13.5 Å². The fraction of sp³-hybridized carbons (Fsp3) is 0.111. The van der Waals surface area contributed by atoms with Crippen LogP contribution >= 0.6 is 0 Å². The van der Waals surface area contributed by atoms with Crippen LogP contribution in [0, 0.1) is 6.92 Å². The van der Waals surface area contributed by atoms with E-state index in [0.29, 0.717) is 16.8 Å². The summed E-state index contributed by atoms with van der Waals surface area (Å²) in [5.41, 5.74) is 3.50. The molecule has 0 radical (unpaired) electrons. The van der Waals surface area contributed by atoms with Gasteiger partial charge in [-0.05, 0) is 36.8 Å². The normalized spacial score (nSPS) is 11.5.